The molecule has 1 unspecified atom stereocenters. The van der Waals surface area contributed by atoms with Gasteiger partial charge in [-0.1, -0.05) is 26.7 Å². The molecule has 1 atom stereocenters. The van der Waals surface area contributed by atoms with Crippen LogP contribution in [0.1, 0.15) is 52.4 Å². The molecular formula is C14H27IN+. The van der Waals surface area contributed by atoms with Crippen LogP contribution in [-0.2, 0) is 0 Å². The molecule has 0 radical (unpaired) electrons. The fourth-order valence-corrected chi connectivity index (χ4v) is 2.52. The molecule has 1 nitrogen and oxygen atoms in total. The number of halogens is 1. The third-order valence-corrected chi connectivity index (χ3v) is 4.93. The van der Waals surface area contributed by atoms with Crippen molar-refractivity contribution in [1.29, 1.82) is 0 Å². The molecule has 0 bridgehead atoms. The van der Waals surface area contributed by atoms with E-state index in [1.807, 2.05) is 0 Å². The van der Waals surface area contributed by atoms with Gasteiger partial charge in [0.05, 0.1) is 20.1 Å². The molecule has 94 valence electrons. The number of quaternary nitrogens is 1. The van der Waals surface area contributed by atoms with Gasteiger partial charge in [-0.15, -0.1) is 6.42 Å². The summed E-state index contributed by atoms with van der Waals surface area (Å²) in [6, 6.07) is 0. The summed E-state index contributed by atoms with van der Waals surface area (Å²) in [5.74, 6) is 2.92. The quantitative estimate of drug-likeness (QED) is 0.148. The Kier molecular flexibility index (Phi) is 9.44. The second-order valence-corrected chi connectivity index (χ2v) is 6.02. The first-order valence-electron chi connectivity index (χ1n) is 6.55. The van der Waals surface area contributed by atoms with Crippen molar-refractivity contribution < 1.29 is 4.48 Å². The van der Waals surface area contributed by atoms with Gasteiger partial charge in [0, 0.05) is 22.6 Å². The molecule has 0 saturated carbocycles. The lowest BCUT2D eigenvalue weighted by molar-refractivity contribution is -0.908. The zero-order chi connectivity index (χ0) is 12.4. The summed E-state index contributed by atoms with van der Waals surface area (Å²) in [6.45, 7) is 6.97. The van der Waals surface area contributed by atoms with Gasteiger partial charge in [0.1, 0.15) is 0 Å². The number of nitrogens with zero attached hydrogens (tertiary/aromatic N) is 1. The molecule has 0 N–H and O–H groups in total. The molecule has 0 aromatic heterocycles. The number of terminal acetylenes is 1. The minimum atomic E-state index is 0.325. The molecule has 0 fully saturated rings. The number of hydrogen-bond acceptors (Lipinski definition) is 0. The molecule has 16 heavy (non-hydrogen) atoms. The SMILES string of the molecule is C#CC(I)[N+](C)(CCCCC)CCCCC. The van der Waals surface area contributed by atoms with E-state index in [-0.39, 0.29) is 0 Å². The third kappa shape index (κ3) is 6.10. The number of hydrogen-bond donors (Lipinski definition) is 0. The van der Waals surface area contributed by atoms with Crippen molar-refractivity contribution in [2.45, 2.75) is 56.4 Å². The highest BCUT2D eigenvalue weighted by molar-refractivity contribution is 14.1. The molecular weight excluding hydrogens is 309 g/mol. The Labute approximate surface area is 116 Å². The van der Waals surface area contributed by atoms with E-state index in [1.54, 1.807) is 0 Å². The second-order valence-electron chi connectivity index (χ2n) is 4.84. The fraction of sp³-hybridized carbons (Fsp3) is 0.857. The first-order valence-corrected chi connectivity index (χ1v) is 7.79. The van der Waals surface area contributed by atoms with Crippen molar-refractivity contribution in [3.8, 4) is 12.3 Å². The summed E-state index contributed by atoms with van der Waals surface area (Å²) >= 11 is 2.42. The third-order valence-electron chi connectivity index (χ3n) is 3.23. The summed E-state index contributed by atoms with van der Waals surface area (Å²) in [6.07, 6.45) is 13.4. The molecule has 0 heterocycles. The van der Waals surface area contributed by atoms with Gasteiger partial charge in [-0.05, 0) is 31.6 Å². The lowest BCUT2D eigenvalue weighted by Gasteiger charge is -2.36. The van der Waals surface area contributed by atoms with E-state index in [9.17, 15) is 0 Å². The van der Waals surface area contributed by atoms with Crippen LogP contribution in [0.15, 0.2) is 0 Å². The maximum Gasteiger partial charge on any atom is 0.200 e. The summed E-state index contributed by atoms with van der Waals surface area (Å²) in [5, 5.41) is 0. The van der Waals surface area contributed by atoms with E-state index in [4.69, 9.17) is 6.42 Å². The molecule has 2 heteroatoms. The van der Waals surface area contributed by atoms with Gasteiger partial charge in [0.25, 0.3) is 0 Å². The van der Waals surface area contributed by atoms with E-state index in [1.165, 1.54) is 51.6 Å². The Bertz CT molecular complexity index is 197. The van der Waals surface area contributed by atoms with Gasteiger partial charge in [0.2, 0.25) is 0 Å². The average Bonchev–Trinajstić information content (AvgIpc) is 2.28. The van der Waals surface area contributed by atoms with Crippen molar-refractivity contribution >= 4 is 22.6 Å². The highest BCUT2D eigenvalue weighted by Gasteiger charge is 2.27. The van der Waals surface area contributed by atoms with Crippen molar-refractivity contribution in [2.24, 2.45) is 0 Å². The van der Waals surface area contributed by atoms with Gasteiger partial charge in [-0.25, -0.2) is 0 Å². The lowest BCUT2D eigenvalue weighted by Crippen LogP contribution is -2.50. The van der Waals surface area contributed by atoms with E-state index in [0.717, 1.165) is 4.48 Å². The Morgan fingerprint density at radius 3 is 1.81 bits per heavy atom. The molecule has 0 aliphatic heterocycles. The van der Waals surface area contributed by atoms with E-state index in [2.05, 4.69) is 49.4 Å². The van der Waals surface area contributed by atoms with Crippen LogP contribution in [0.2, 0.25) is 0 Å². The topological polar surface area (TPSA) is 0 Å². The maximum atomic E-state index is 5.59. The molecule has 0 aromatic carbocycles. The van der Waals surface area contributed by atoms with Gasteiger partial charge in [-0.3, -0.25) is 0 Å². The summed E-state index contributed by atoms with van der Waals surface area (Å²) in [4.78, 5) is 0. The smallest absolute Gasteiger partial charge is 0.200 e. The second kappa shape index (κ2) is 9.30. The number of unbranched alkanes of at least 4 members (excludes halogenated alkanes) is 4. The molecule has 0 spiro atoms. The van der Waals surface area contributed by atoms with Crippen LogP contribution in [0.25, 0.3) is 0 Å². The first-order chi connectivity index (χ1) is 7.60. The predicted octanol–water partition coefficient (Wildman–Crippen LogP) is 4.21. The Morgan fingerprint density at radius 2 is 1.50 bits per heavy atom. The van der Waals surface area contributed by atoms with Crippen molar-refractivity contribution in [3.05, 3.63) is 0 Å². The maximum absolute atomic E-state index is 5.59. The number of rotatable bonds is 9. The van der Waals surface area contributed by atoms with Crippen molar-refractivity contribution in [1.82, 2.24) is 0 Å². The van der Waals surface area contributed by atoms with E-state index in [0.29, 0.717) is 4.05 Å². The van der Waals surface area contributed by atoms with Gasteiger partial charge >= 0.3 is 0 Å². The molecule has 0 saturated heterocycles. The fourth-order valence-electron chi connectivity index (χ4n) is 1.96. The zero-order valence-corrected chi connectivity index (χ0v) is 13.3. The summed E-state index contributed by atoms with van der Waals surface area (Å²) < 4.78 is 1.38. The number of alkyl halides is 1. The van der Waals surface area contributed by atoms with Crippen LogP contribution < -0.4 is 0 Å². The Morgan fingerprint density at radius 1 is 1.06 bits per heavy atom. The van der Waals surface area contributed by atoms with Crippen LogP contribution in [0.4, 0.5) is 0 Å². The normalized spacial score (nSPS) is 13.4. The molecule has 0 rings (SSSR count). The summed E-state index contributed by atoms with van der Waals surface area (Å²) in [7, 11) is 2.32. The van der Waals surface area contributed by atoms with Crippen LogP contribution in [0, 0.1) is 12.3 Å². The standard InChI is InChI=1S/C14H27IN/c1-5-8-10-12-16(4,14(15)7-3)13-11-9-6-2/h3,14H,5-6,8-13H2,1-2,4H3/q+1. The minimum absolute atomic E-state index is 0.325. The van der Waals surface area contributed by atoms with Gasteiger partial charge in [0.15, 0.2) is 4.05 Å². The summed E-state index contributed by atoms with van der Waals surface area (Å²) in [5.41, 5.74) is 0. The van der Waals surface area contributed by atoms with Gasteiger partial charge < -0.3 is 4.48 Å². The predicted molar refractivity (Wildman–Crippen MR) is 81.6 cm³/mol. The highest BCUT2D eigenvalue weighted by atomic mass is 127. The van der Waals surface area contributed by atoms with Crippen molar-refractivity contribution in [3.63, 3.8) is 0 Å². The van der Waals surface area contributed by atoms with Crippen LogP contribution in [0.3, 0.4) is 0 Å². The molecule has 0 aliphatic rings. The first kappa shape index (κ1) is 16.2. The van der Waals surface area contributed by atoms with Crippen LogP contribution in [-0.4, -0.2) is 28.7 Å². The van der Waals surface area contributed by atoms with E-state index < -0.39 is 0 Å². The average molecular weight is 336 g/mol. The largest absolute Gasteiger partial charge is 0.305 e. The monoisotopic (exact) mass is 336 g/mol. The van der Waals surface area contributed by atoms with Crippen LogP contribution >= 0.6 is 22.6 Å². The minimum Gasteiger partial charge on any atom is -0.305 e. The Hall–Kier alpha value is 0.250. The lowest BCUT2D eigenvalue weighted by atomic mass is 10.2. The van der Waals surface area contributed by atoms with Crippen molar-refractivity contribution in [2.75, 3.05) is 20.1 Å². The highest BCUT2D eigenvalue weighted by Crippen LogP contribution is 2.19. The zero-order valence-electron chi connectivity index (χ0n) is 11.1. The molecule has 0 aromatic rings. The van der Waals surface area contributed by atoms with E-state index >= 15 is 0 Å². The van der Waals surface area contributed by atoms with Gasteiger partial charge in [-0.2, -0.15) is 0 Å². The molecule has 0 aliphatic carbocycles. The van der Waals surface area contributed by atoms with Crippen LogP contribution in [0.5, 0.6) is 0 Å². The Balaban J connectivity index is 4.20. The molecule has 0 amide bonds.